The van der Waals surface area contributed by atoms with E-state index in [9.17, 15) is 9.90 Å². The Bertz CT molecular complexity index is 1120. The third kappa shape index (κ3) is 4.24. The third-order valence-electron chi connectivity index (χ3n) is 5.07. The van der Waals surface area contributed by atoms with Crippen LogP contribution < -0.4 is 20.3 Å². The molecule has 7 nitrogen and oxygen atoms in total. The lowest BCUT2D eigenvalue weighted by Gasteiger charge is -2.27. The molecule has 4 rings (SSSR count). The van der Waals surface area contributed by atoms with E-state index in [0.29, 0.717) is 34.2 Å². The molecule has 0 aliphatic carbocycles. The van der Waals surface area contributed by atoms with Gasteiger partial charge in [-0.2, -0.15) is 0 Å². The van der Waals surface area contributed by atoms with Crippen LogP contribution in [0.5, 0.6) is 11.5 Å². The lowest BCUT2D eigenvalue weighted by atomic mass is 10.1. The van der Waals surface area contributed by atoms with Crippen molar-refractivity contribution in [1.29, 1.82) is 0 Å². The largest absolute Gasteiger partial charge is 0.454 e. The Hall–Kier alpha value is -3.10. The van der Waals surface area contributed by atoms with Crippen LogP contribution in [0.3, 0.4) is 0 Å². The SMILES string of the molecule is CC(NC(=S)N(CCO)Cc1cc2cc3c(cc2[nH]c1=O)OCO3)c1ccccc1. The molecule has 1 aliphatic rings. The highest BCUT2D eigenvalue weighted by Crippen LogP contribution is 2.35. The van der Waals surface area contributed by atoms with E-state index >= 15 is 0 Å². The Kier molecular flexibility index (Phi) is 5.87. The lowest BCUT2D eigenvalue weighted by molar-refractivity contribution is 0.174. The van der Waals surface area contributed by atoms with Gasteiger partial charge >= 0.3 is 0 Å². The second-order valence-corrected chi connectivity index (χ2v) is 7.53. The van der Waals surface area contributed by atoms with Crippen LogP contribution in [0.1, 0.15) is 24.1 Å². The molecule has 8 heteroatoms. The Balaban J connectivity index is 1.55. The maximum absolute atomic E-state index is 12.7. The van der Waals surface area contributed by atoms with Crippen LogP contribution in [0.25, 0.3) is 10.9 Å². The van der Waals surface area contributed by atoms with E-state index in [-0.39, 0.29) is 31.5 Å². The smallest absolute Gasteiger partial charge is 0.253 e. The minimum absolute atomic E-state index is 0.00508. The lowest BCUT2D eigenvalue weighted by Crippen LogP contribution is -2.42. The summed E-state index contributed by atoms with van der Waals surface area (Å²) in [6, 6.07) is 15.4. The van der Waals surface area contributed by atoms with E-state index in [1.54, 1.807) is 11.0 Å². The number of aliphatic hydroxyl groups excluding tert-OH is 1. The number of rotatable bonds is 6. The predicted octanol–water partition coefficient (Wildman–Crippen LogP) is 2.69. The summed E-state index contributed by atoms with van der Waals surface area (Å²) in [6.45, 7) is 2.70. The Morgan fingerprint density at radius 3 is 2.70 bits per heavy atom. The fourth-order valence-corrected chi connectivity index (χ4v) is 3.77. The van der Waals surface area contributed by atoms with Gasteiger partial charge in [-0.25, -0.2) is 0 Å². The number of hydrogen-bond donors (Lipinski definition) is 3. The standard InChI is InChI=1S/C22H23N3O4S/c1-14(15-5-3-2-4-6-15)23-22(30)25(7-8-26)12-17-9-16-10-19-20(29-13-28-19)11-18(16)24-21(17)27/h2-6,9-11,14,26H,7-8,12-13H2,1H3,(H,23,30)(H,24,27). The topological polar surface area (TPSA) is 86.8 Å². The van der Waals surface area contributed by atoms with E-state index in [1.165, 1.54) is 0 Å². The van der Waals surface area contributed by atoms with Gasteiger partial charge in [-0.05, 0) is 36.8 Å². The summed E-state index contributed by atoms with van der Waals surface area (Å²) in [7, 11) is 0. The van der Waals surface area contributed by atoms with Crippen molar-refractivity contribution in [2.24, 2.45) is 0 Å². The number of aliphatic hydroxyl groups is 1. The first kappa shape index (κ1) is 20.2. The first-order chi connectivity index (χ1) is 14.5. The molecule has 1 aromatic heterocycles. The zero-order valence-electron chi connectivity index (χ0n) is 16.6. The molecular weight excluding hydrogens is 402 g/mol. The van der Waals surface area contributed by atoms with Gasteiger partial charge in [-0.1, -0.05) is 30.3 Å². The van der Waals surface area contributed by atoms with Gasteiger partial charge in [0.25, 0.3) is 5.56 Å². The molecule has 0 radical (unpaired) electrons. The predicted molar refractivity (Wildman–Crippen MR) is 119 cm³/mol. The van der Waals surface area contributed by atoms with E-state index in [4.69, 9.17) is 21.7 Å². The fraction of sp³-hybridized carbons (Fsp3) is 0.273. The number of H-pyrrole nitrogens is 1. The van der Waals surface area contributed by atoms with Gasteiger partial charge in [-0.3, -0.25) is 4.79 Å². The van der Waals surface area contributed by atoms with Crippen molar-refractivity contribution in [2.45, 2.75) is 19.5 Å². The first-order valence-corrected chi connectivity index (χ1v) is 10.1. The fourth-order valence-electron chi connectivity index (χ4n) is 3.44. The van der Waals surface area contributed by atoms with Crippen molar-refractivity contribution in [3.8, 4) is 11.5 Å². The second-order valence-electron chi connectivity index (χ2n) is 7.14. The number of hydrogen-bond acceptors (Lipinski definition) is 5. The molecule has 0 bridgehead atoms. The van der Waals surface area contributed by atoms with Crippen molar-refractivity contribution in [1.82, 2.24) is 15.2 Å². The molecular formula is C22H23N3O4S. The van der Waals surface area contributed by atoms with Gasteiger partial charge in [0.2, 0.25) is 6.79 Å². The van der Waals surface area contributed by atoms with Crippen LogP contribution in [0.4, 0.5) is 0 Å². The number of ether oxygens (including phenoxy) is 2. The minimum atomic E-state index is -0.205. The van der Waals surface area contributed by atoms with Gasteiger partial charge in [0.15, 0.2) is 16.6 Å². The summed E-state index contributed by atoms with van der Waals surface area (Å²) >= 11 is 5.58. The van der Waals surface area contributed by atoms with Crippen LogP contribution >= 0.6 is 12.2 Å². The number of fused-ring (bicyclic) bond motifs is 2. The number of nitrogens with zero attached hydrogens (tertiary/aromatic N) is 1. The summed E-state index contributed by atoms with van der Waals surface area (Å²) < 4.78 is 10.8. The third-order valence-corrected chi connectivity index (χ3v) is 5.45. The van der Waals surface area contributed by atoms with Crippen LogP contribution in [-0.2, 0) is 6.54 Å². The number of aromatic nitrogens is 1. The number of nitrogens with one attached hydrogen (secondary N) is 2. The Morgan fingerprint density at radius 1 is 1.23 bits per heavy atom. The van der Waals surface area contributed by atoms with Gasteiger partial charge in [0.1, 0.15) is 0 Å². The minimum Gasteiger partial charge on any atom is -0.454 e. The molecule has 0 saturated heterocycles. The quantitative estimate of drug-likeness (QED) is 0.524. The highest BCUT2D eigenvalue weighted by molar-refractivity contribution is 7.80. The average molecular weight is 426 g/mol. The van der Waals surface area contributed by atoms with Crippen molar-refractivity contribution >= 4 is 28.2 Å². The zero-order chi connectivity index (χ0) is 21.1. The first-order valence-electron chi connectivity index (χ1n) is 9.72. The van der Waals surface area contributed by atoms with Crippen molar-refractivity contribution in [3.63, 3.8) is 0 Å². The molecule has 2 heterocycles. The maximum Gasteiger partial charge on any atom is 0.253 e. The Labute approximate surface area is 179 Å². The highest BCUT2D eigenvalue weighted by atomic mass is 32.1. The number of pyridine rings is 1. The van der Waals surface area contributed by atoms with Crippen LogP contribution in [0.15, 0.2) is 53.3 Å². The molecule has 1 unspecified atom stereocenters. The second kappa shape index (κ2) is 8.73. The Morgan fingerprint density at radius 2 is 1.97 bits per heavy atom. The van der Waals surface area contributed by atoms with Crippen LogP contribution in [0.2, 0.25) is 0 Å². The van der Waals surface area contributed by atoms with E-state index in [1.807, 2.05) is 49.4 Å². The molecule has 2 aromatic carbocycles. The highest BCUT2D eigenvalue weighted by Gasteiger charge is 2.18. The number of benzene rings is 2. The molecule has 0 spiro atoms. The molecule has 0 amide bonds. The summed E-state index contributed by atoms with van der Waals surface area (Å²) in [5, 5.41) is 14.1. The van der Waals surface area contributed by atoms with Gasteiger partial charge in [-0.15, -0.1) is 0 Å². The summed E-state index contributed by atoms with van der Waals surface area (Å²) in [5.74, 6) is 1.27. The normalized spacial score (nSPS) is 13.3. The molecule has 30 heavy (non-hydrogen) atoms. The van der Waals surface area contributed by atoms with E-state index in [0.717, 1.165) is 10.9 Å². The molecule has 1 atom stereocenters. The zero-order valence-corrected chi connectivity index (χ0v) is 17.4. The van der Waals surface area contributed by atoms with Crippen LogP contribution in [-0.4, -0.2) is 40.0 Å². The average Bonchev–Trinajstić information content (AvgIpc) is 3.20. The molecule has 0 saturated carbocycles. The maximum atomic E-state index is 12.7. The summed E-state index contributed by atoms with van der Waals surface area (Å²) in [5.41, 5.74) is 2.12. The van der Waals surface area contributed by atoms with Gasteiger partial charge in [0.05, 0.1) is 24.7 Å². The number of aromatic amines is 1. The van der Waals surface area contributed by atoms with Crippen LogP contribution in [0, 0.1) is 0 Å². The number of thiocarbonyl (C=S) groups is 1. The van der Waals surface area contributed by atoms with Crippen molar-refractivity contribution in [2.75, 3.05) is 19.9 Å². The molecule has 3 aromatic rings. The van der Waals surface area contributed by atoms with E-state index < -0.39 is 0 Å². The summed E-state index contributed by atoms with van der Waals surface area (Å²) in [6.07, 6.45) is 0. The monoisotopic (exact) mass is 425 g/mol. The van der Waals surface area contributed by atoms with E-state index in [2.05, 4.69) is 10.3 Å². The van der Waals surface area contributed by atoms with Crippen molar-refractivity contribution in [3.05, 3.63) is 70.0 Å². The molecule has 0 fully saturated rings. The molecule has 3 N–H and O–H groups in total. The summed E-state index contributed by atoms with van der Waals surface area (Å²) in [4.78, 5) is 17.3. The van der Waals surface area contributed by atoms with Gasteiger partial charge in [0, 0.05) is 23.6 Å². The van der Waals surface area contributed by atoms with Gasteiger partial charge < -0.3 is 29.8 Å². The molecule has 156 valence electrons. The molecule has 1 aliphatic heterocycles. The van der Waals surface area contributed by atoms with Crippen molar-refractivity contribution < 1.29 is 14.6 Å².